The maximum Gasteiger partial charge on any atom is 0.186 e. The van der Waals surface area contributed by atoms with Crippen molar-refractivity contribution in [2.24, 2.45) is 20.5 Å². The van der Waals surface area contributed by atoms with E-state index in [0.717, 1.165) is 0 Å². The van der Waals surface area contributed by atoms with Gasteiger partial charge in [0.1, 0.15) is 36.6 Å². The highest BCUT2D eigenvalue weighted by atomic mass is 16.7. The molecule has 308 valence electrons. The van der Waals surface area contributed by atoms with Crippen LogP contribution >= 0.6 is 0 Å². The van der Waals surface area contributed by atoms with E-state index in [4.69, 9.17) is 52.9 Å². The summed E-state index contributed by atoms with van der Waals surface area (Å²) in [4.78, 5) is 11.1. The summed E-state index contributed by atoms with van der Waals surface area (Å²) in [6.45, 7) is 1.67. The second kappa shape index (κ2) is 23.6. The molecule has 0 spiro atoms. The van der Waals surface area contributed by atoms with Gasteiger partial charge in [0.2, 0.25) is 0 Å². The number of azide groups is 4. The molecule has 1 saturated carbocycles. The Bertz CT molecular complexity index is 1370. The highest BCUT2D eigenvalue weighted by molar-refractivity contribution is 5.04. The minimum Gasteiger partial charge on any atom is -0.388 e. The van der Waals surface area contributed by atoms with Crippen LogP contribution in [0.3, 0.4) is 0 Å². The predicted molar refractivity (Wildman–Crippen MR) is 178 cm³/mol. The average molecular weight is 791 g/mol. The molecule has 1 aliphatic carbocycles. The van der Waals surface area contributed by atoms with Crippen LogP contribution in [0.5, 0.6) is 0 Å². The summed E-state index contributed by atoms with van der Waals surface area (Å²) in [5.74, 6) is 0. The number of hydrogen-bond donors (Lipinski definition) is 5. The van der Waals surface area contributed by atoms with E-state index in [1.807, 2.05) is 0 Å². The molecule has 4 fully saturated rings. The van der Waals surface area contributed by atoms with E-state index in [2.05, 4.69) is 40.1 Å². The van der Waals surface area contributed by atoms with Gasteiger partial charge in [0.25, 0.3) is 0 Å². The molecule has 27 nitrogen and oxygen atoms in total. The maximum absolute atomic E-state index is 11.7. The molecular formula is C28H46N12O15. The van der Waals surface area contributed by atoms with Gasteiger partial charge in [-0.25, -0.2) is 0 Å². The van der Waals surface area contributed by atoms with Crippen molar-refractivity contribution in [3.05, 3.63) is 41.8 Å². The van der Waals surface area contributed by atoms with Crippen LogP contribution in [0.2, 0.25) is 0 Å². The van der Waals surface area contributed by atoms with Gasteiger partial charge in [0.15, 0.2) is 12.6 Å². The van der Waals surface area contributed by atoms with Crippen molar-refractivity contribution in [3.63, 3.8) is 0 Å². The lowest BCUT2D eigenvalue weighted by Crippen LogP contribution is -2.65. The number of ether oxygens (including phenoxy) is 10. The van der Waals surface area contributed by atoms with Crippen LogP contribution in [0.15, 0.2) is 20.5 Å². The van der Waals surface area contributed by atoms with Crippen LogP contribution in [0.4, 0.5) is 0 Å². The highest BCUT2D eigenvalue weighted by Gasteiger charge is 2.53. The minimum absolute atomic E-state index is 0.0168. The molecule has 4 aliphatic rings. The van der Waals surface area contributed by atoms with Gasteiger partial charge in [-0.05, 0) is 28.5 Å². The third-order valence-electron chi connectivity index (χ3n) is 9.02. The van der Waals surface area contributed by atoms with Gasteiger partial charge in [-0.3, -0.25) is 0 Å². The van der Waals surface area contributed by atoms with Gasteiger partial charge in [-0.2, -0.15) is 0 Å². The molecule has 3 aliphatic heterocycles. The summed E-state index contributed by atoms with van der Waals surface area (Å²) in [5, 5.41) is 69.1. The molecule has 27 heteroatoms. The van der Waals surface area contributed by atoms with Gasteiger partial charge < -0.3 is 72.9 Å². The van der Waals surface area contributed by atoms with E-state index < -0.39 is 98.3 Å². The Kier molecular flexibility index (Phi) is 19.1. The zero-order valence-corrected chi connectivity index (χ0v) is 29.5. The Balaban J connectivity index is 1.56. The van der Waals surface area contributed by atoms with Gasteiger partial charge in [0, 0.05) is 19.6 Å². The Hall–Kier alpha value is -3.36. The molecule has 0 radical (unpaired) electrons. The van der Waals surface area contributed by atoms with Crippen LogP contribution in [-0.2, 0) is 47.4 Å². The normalized spacial score (nSPS) is 40.1. The number of aliphatic hydroxyl groups is 5. The van der Waals surface area contributed by atoms with Crippen LogP contribution in [0.1, 0.15) is 6.42 Å². The lowest BCUT2D eigenvalue weighted by atomic mass is 9.84. The monoisotopic (exact) mass is 790 g/mol. The third-order valence-corrected chi connectivity index (χ3v) is 9.02. The van der Waals surface area contributed by atoms with Gasteiger partial charge >= 0.3 is 0 Å². The fourth-order valence-corrected chi connectivity index (χ4v) is 6.34. The predicted octanol–water partition coefficient (Wildman–Crippen LogP) is -0.756. The molecule has 0 bridgehead atoms. The molecule has 0 aromatic heterocycles. The van der Waals surface area contributed by atoms with E-state index >= 15 is 0 Å². The SMILES string of the molecule is [N-]=[N+]=NCC1O[C@H](O[C@@H]2C(N=[N+]=[N-])C[C@@H](N=[N+]=[N-])C(OC3O[C@@H]4COCCOCCOCCOCCOCCO[C@H]4C(N=[N+]=[N-])[C@H]3O)[C@H]2O)C(O)[C@@H](O)[C@@H]1O. The summed E-state index contributed by atoms with van der Waals surface area (Å²) in [7, 11) is 0. The van der Waals surface area contributed by atoms with E-state index in [0.29, 0.717) is 33.0 Å². The Morgan fingerprint density at radius 2 is 1.05 bits per heavy atom. The van der Waals surface area contributed by atoms with Crippen LogP contribution in [0.25, 0.3) is 41.8 Å². The molecule has 4 rings (SSSR count). The number of nitrogens with zero attached hydrogens (tertiary/aromatic N) is 12. The fourth-order valence-electron chi connectivity index (χ4n) is 6.34. The molecule has 15 atom stereocenters. The standard InChI is InChI=1S/C28H46N12O15/c29-37-33-12-16-19(41)21(43)22(44)28(52-16)55-25-15(35-39-31)11-14(34-38-30)24(23(25)45)54-27-20(42)18(36-40-32)26-17(53-27)13-50-8-7-48-4-3-46-1-2-47-5-6-49-9-10-51-26/h14-28,41-45H,1-13H2/t14-,15?,16?,17-,18?,19-,20-,21+,22?,23-,24?,25-,26-,27?,28-/m1/s1. The fraction of sp³-hybridized carbons (Fsp3) is 1.00. The first kappa shape index (κ1) is 44.4. The van der Waals surface area contributed by atoms with Crippen molar-refractivity contribution >= 4 is 0 Å². The molecule has 0 aromatic carbocycles. The quantitative estimate of drug-likeness (QED) is 0.109. The van der Waals surface area contributed by atoms with Crippen molar-refractivity contribution in [2.45, 2.75) is 98.2 Å². The Morgan fingerprint density at radius 3 is 1.58 bits per heavy atom. The first-order valence-electron chi connectivity index (χ1n) is 17.4. The molecule has 6 unspecified atom stereocenters. The molecule has 3 saturated heterocycles. The summed E-state index contributed by atoms with van der Waals surface area (Å²) < 4.78 is 57.3. The van der Waals surface area contributed by atoms with Crippen LogP contribution in [-0.4, -0.2) is 196 Å². The molecule has 0 amide bonds. The summed E-state index contributed by atoms with van der Waals surface area (Å²) in [6, 6.07) is -3.93. The Morgan fingerprint density at radius 1 is 0.545 bits per heavy atom. The number of rotatable bonds is 9. The molecule has 55 heavy (non-hydrogen) atoms. The molecule has 5 N–H and O–H groups in total. The van der Waals surface area contributed by atoms with E-state index in [1.165, 1.54) is 0 Å². The van der Waals surface area contributed by atoms with E-state index in [9.17, 15) is 42.1 Å². The third kappa shape index (κ3) is 12.6. The lowest BCUT2D eigenvalue weighted by Gasteiger charge is -2.48. The van der Waals surface area contributed by atoms with Crippen molar-refractivity contribution in [1.29, 1.82) is 0 Å². The van der Waals surface area contributed by atoms with Crippen molar-refractivity contribution < 1.29 is 72.9 Å². The lowest BCUT2D eigenvalue weighted by molar-refractivity contribution is -0.333. The van der Waals surface area contributed by atoms with Gasteiger partial charge in [-0.1, -0.05) is 20.5 Å². The first-order valence-corrected chi connectivity index (χ1v) is 17.4. The van der Waals surface area contributed by atoms with Crippen molar-refractivity contribution in [1.82, 2.24) is 0 Å². The smallest absolute Gasteiger partial charge is 0.186 e. The van der Waals surface area contributed by atoms with Crippen LogP contribution < -0.4 is 0 Å². The maximum atomic E-state index is 11.7. The molecule has 3 heterocycles. The van der Waals surface area contributed by atoms with Crippen molar-refractivity contribution in [2.75, 3.05) is 79.2 Å². The highest BCUT2D eigenvalue weighted by Crippen LogP contribution is 2.36. The van der Waals surface area contributed by atoms with Crippen LogP contribution in [0, 0.1) is 0 Å². The first-order chi connectivity index (χ1) is 26.7. The zero-order valence-electron chi connectivity index (χ0n) is 29.5. The summed E-state index contributed by atoms with van der Waals surface area (Å²) in [5.41, 5.74) is 36.9. The van der Waals surface area contributed by atoms with E-state index in [-0.39, 0.29) is 46.1 Å². The van der Waals surface area contributed by atoms with Crippen molar-refractivity contribution in [3.8, 4) is 0 Å². The zero-order chi connectivity index (χ0) is 39.6. The minimum atomic E-state index is -1.91. The average Bonchev–Trinajstić information content (AvgIpc) is 3.17. The number of hydrogen-bond acceptors (Lipinski definition) is 19. The number of aliphatic hydroxyl groups excluding tert-OH is 5. The summed E-state index contributed by atoms with van der Waals surface area (Å²) in [6.07, 6.45) is -19.6. The topological polar surface area (TPSA) is 388 Å². The second-order valence-electron chi connectivity index (χ2n) is 12.5. The Labute approximate surface area is 312 Å². The molecule has 0 aromatic rings. The number of fused-ring (bicyclic) bond motifs is 1. The van der Waals surface area contributed by atoms with Gasteiger partial charge in [0.05, 0.1) is 122 Å². The van der Waals surface area contributed by atoms with E-state index in [1.54, 1.807) is 0 Å². The van der Waals surface area contributed by atoms with Gasteiger partial charge in [-0.15, -0.1) is 0 Å². The second-order valence-corrected chi connectivity index (χ2v) is 12.5. The summed E-state index contributed by atoms with van der Waals surface area (Å²) >= 11 is 0. The molecular weight excluding hydrogens is 744 g/mol. The largest absolute Gasteiger partial charge is 0.388 e.